The number of pyridine rings is 1. The van der Waals surface area contributed by atoms with Crippen molar-refractivity contribution in [1.82, 2.24) is 9.88 Å². The summed E-state index contributed by atoms with van der Waals surface area (Å²) in [6.45, 7) is 2.13. The highest BCUT2D eigenvalue weighted by Crippen LogP contribution is 2.30. The summed E-state index contributed by atoms with van der Waals surface area (Å²) in [5.74, 6) is -1.66. The fraction of sp³-hybridized carbons (Fsp3) is 0.278. The van der Waals surface area contributed by atoms with Gasteiger partial charge in [-0.2, -0.15) is 0 Å². The number of nitrogens with one attached hydrogen (secondary N) is 1. The summed E-state index contributed by atoms with van der Waals surface area (Å²) in [6.07, 6.45) is 3.29. The van der Waals surface area contributed by atoms with Crippen molar-refractivity contribution in [2.24, 2.45) is 0 Å². The predicted octanol–water partition coefficient (Wildman–Crippen LogP) is 2.83. The minimum Gasteiger partial charge on any atom is -0.326 e. The highest BCUT2D eigenvalue weighted by atomic mass is 19.1. The van der Waals surface area contributed by atoms with Crippen LogP contribution in [0.5, 0.6) is 0 Å². The smallest absolute Gasteiger partial charge is 0.313 e. The van der Waals surface area contributed by atoms with Gasteiger partial charge in [-0.15, -0.1) is 0 Å². The van der Waals surface area contributed by atoms with Crippen LogP contribution in [0, 0.1) is 12.7 Å². The standard InChI is InChI=1S/C18H18FN3O2/c1-12-11-13(7-8-14(12)19)21-17(23)18(24)22-10-4-6-16(22)15-5-2-3-9-20-15/h2-3,5,7-9,11,16H,4,6,10H2,1H3,(H,21,23)/t16-/m1/s1. The summed E-state index contributed by atoms with van der Waals surface area (Å²) >= 11 is 0. The third-order valence-electron chi connectivity index (χ3n) is 4.15. The fourth-order valence-electron chi connectivity index (χ4n) is 2.93. The molecule has 2 heterocycles. The molecule has 1 atom stereocenters. The monoisotopic (exact) mass is 327 g/mol. The first-order chi connectivity index (χ1) is 11.6. The Labute approximate surface area is 139 Å². The van der Waals surface area contributed by atoms with Crippen LogP contribution >= 0.6 is 0 Å². The zero-order valence-corrected chi connectivity index (χ0v) is 13.3. The van der Waals surface area contributed by atoms with Crippen LogP contribution in [0.25, 0.3) is 0 Å². The van der Waals surface area contributed by atoms with Crippen molar-refractivity contribution in [1.29, 1.82) is 0 Å². The van der Waals surface area contributed by atoms with E-state index in [1.54, 1.807) is 18.0 Å². The summed E-state index contributed by atoms with van der Waals surface area (Å²) in [5, 5.41) is 2.54. The quantitative estimate of drug-likeness (QED) is 0.863. The molecule has 24 heavy (non-hydrogen) atoms. The first-order valence-corrected chi connectivity index (χ1v) is 7.85. The Kier molecular flexibility index (Phi) is 4.55. The average molecular weight is 327 g/mol. The molecular formula is C18H18FN3O2. The topological polar surface area (TPSA) is 62.3 Å². The summed E-state index contributed by atoms with van der Waals surface area (Å²) in [7, 11) is 0. The maximum atomic E-state index is 13.3. The minimum absolute atomic E-state index is 0.181. The van der Waals surface area contributed by atoms with E-state index in [-0.39, 0.29) is 11.9 Å². The molecule has 2 amide bonds. The number of rotatable bonds is 2. The average Bonchev–Trinajstić information content (AvgIpc) is 3.08. The van der Waals surface area contributed by atoms with Gasteiger partial charge >= 0.3 is 11.8 Å². The Bertz CT molecular complexity index is 764. The molecule has 1 aliphatic heterocycles. The molecule has 1 aliphatic rings. The number of carbonyl (C=O) groups excluding carboxylic acids is 2. The lowest BCUT2D eigenvalue weighted by Gasteiger charge is -2.23. The molecule has 6 heteroatoms. The van der Waals surface area contributed by atoms with Gasteiger partial charge in [0.05, 0.1) is 11.7 Å². The lowest BCUT2D eigenvalue weighted by atomic mass is 10.1. The van der Waals surface area contributed by atoms with Gasteiger partial charge in [-0.05, 0) is 55.7 Å². The van der Waals surface area contributed by atoms with Crippen LogP contribution in [0.3, 0.4) is 0 Å². The highest BCUT2D eigenvalue weighted by Gasteiger charge is 2.34. The van der Waals surface area contributed by atoms with Crippen molar-refractivity contribution >= 4 is 17.5 Å². The summed E-state index contributed by atoms with van der Waals surface area (Å²) < 4.78 is 13.3. The van der Waals surface area contributed by atoms with Crippen LogP contribution in [-0.4, -0.2) is 28.2 Å². The predicted molar refractivity (Wildman–Crippen MR) is 87.7 cm³/mol. The molecule has 1 aromatic carbocycles. The Morgan fingerprint density at radius 2 is 2.12 bits per heavy atom. The van der Waals surface area contributed by atoms with Crippen molar-refractivity contribution in [3.05, 3.63) is 59.7 Å². The van der Waals surface area contributed by atoms with Gasteiger partial charge in [0.15, 0.2) is 0 Å². The molecule has 124 valence electrons. The molecule has 1 fully saturated rings. The summed E-state index contributed by atoms with van der Waals surface area (Å²) in [4.78, 5) is 30.6. The third-order valence-corrected chi connectivity index (χ3v) is 4.15. The number of likely N-dealkylation sites (tertiary alicyclic amines) is 1. The van der Waals surface area contributed by atoms with Crippen molar-refractivity contribution in [3.8, 4) is 0 Å². The van der Waals surface area contributed by atoms with Crippen LogP contribution < -0.4 is 5.32 Å². The van der Waals surface area contributed by atoms with E-state index in [1.807, 2.05) is 18.2 Å². The van der Waals surface area contributed by atoms with Gasteiger partial charge in [-0.1, -0.05) is 6.07 Å². The fourth-order valence-corrected chi connectivity index (χ4v) is 2.93. The number of amides is 2. The second-order valence-electron chi connectivity index (χ2n) is 5.83. The number of benzene rings is 1. The van der Waals surface area contributed by atoms with Crippen molar-refractivity contribution in [2.75, 3.05) is 11.9 Å². The molecular weight excluding hydrogens is 309 g/mol. The van der Waals surface area contributed by atoms with Gasteiger partial charge in [-0.3, -0.25) is 14.6 Å². The Morgan fingerprint density at radius 1 is 1.29 bits per heavy atom. The first-order valence-electron chi connectivity index (χ1n) is 7.85. The highest BCUT2D eigenvalue weighted by molar-refractivity contribution is 6.39. The van der Waals surface area contributed by atoms with Crippen molar-refractivity contribution in [3.63, 3.8) is 0 Å². The molecule has 3 rings (SSSR count). The van der Waals surface area contributed by atoms with Crippen LogP contribution in [0.1, 0.15) is 30.1 Å². The van der Waals surface area contributed by atoms with Gasteiger partial charge in [-0.25, -0.2) is 4.39 Å². The number of anilines is 1. The second-order valence-corrected chi connectivity index (χ2v) is 5.83. The maximum absolute atomic E-state index is 13.3. The summed E-state index contributed by atoms with van der Waals surface area (Å²) in [5.41, 5.74) is 1.60. The Hall–Kier alpha value is -2.76. The second kappa shape index (κ2) is 6.78. The van der Waals surface area contributed by atoms with Crippen LogP contribution in [-0.2, 0) is 9.59 Å². The van der Waals surface area contributed by atoms with E-state index >= 15 is 0 Å². The lowest BCUT2D eigenvalue weighted by molar-refractivity contribution is -0.143. The molecule has 0 unspecified atom stereocenters. The molecule has 0 saturated carbocycles. The van der Waals surface area contributed by atoms with Gasteiger partial charge < -0.3 is 10.2 Å². The van der Waals surface area contributed by atoms with Crippen LogP contribution in [0.2, 0.25) is 0 Å². The van der Waals surface area contributed by atoms with E-state index in [0.717, 1.165) is 18.5 Å². The summed E-state index contributed by atoms with van der Waals surface area (Å²) in [6, 6.07) is 9.56. The van der Waals surface area contributed by atoms with Gasteiger partial charge in [0.2, 0.25) is 0 Å². The van der Waals surface area contributed by atoms with E-state index in [9.17, 15) is 14.0 Å². The van der Waals surface area contributed by atoms with E-state index < -0.39 is 11.8 Å². The van der Waals surface area contributed by atoms with Crippen LogP contribution in [0.4, 0.5) is 10.1 Å². The lowest BCUT2D eigenvalue weighted by Crippen LogP contribution is -2.39. The van der Waals surface area contributed by atoms with Gasteiger partial charge in [0, 0.05) is 18.4 Å². The van der Waals surface area contributed by atoms with E-state index in [1.165, 1.54) is 18.2 Å². The van der Waals surface area contributed by atoms with E-state index in [0.29, 0.717) is 17.8 Å². The number of hydrogen-bond donors (Lipinski definition) is 1. The SMILES string of the molecule is Cc1cc(NC(=O)C(=O)N2CCC[C@@H]2c2ccccn2)ccc1F. The Morgan fingerprint density at radius 3 is 2.83 bits per heavy atom. The number of carbonyl (C=O) groups is 2. The zero-order valence-electron chi connectivity index (χ0n) is 13.3. The molecule has 2 aromatic rings. The number of nitrogens with zero attached hydrogens (tertiary/aromatic N) is 2. The van der Waals surface area contributed by atoms with E-state index in [4.69, 9.17) is 0 Å². The third kappa shape index (κ3) is 3.27. The van der Waals surface area contributed by atoms with Crippen molar-refractivity contribution in [2.45, 2.75) is 25.8 Å². The number of halogens is 1. The van der Waals surface area contributed by atoms with Gasteiger partial charge in [0.25, 0.3) is 0 Å². The minimum atomic E-state index is -0.719. The number of aromatic nitrogens is 1. The normalized spacial score (nSPS) is 16.9. The molecule has 0 spiro atoms. The molecule has 0 bridgehead atoms. The molecule has 1 aromatic heterocycles. The number of hydrogen-bond acceptors (Lipinski definition) is 3. The number of aryl methyl sites for hydroxylation is 1. The Balaban J connectivity index is 1.73. The van der Waals surface area contributed by atoms with Crippen molar-refractivity contribution < 1.29 is 14.0 Å². The molecule has 0 radical (unpaired) electrons. The first kappa shape index (κ1) is 16.1. The molecule has 1 saturated heterocycles. The van der Waals surface area contributed by atoms with Crippen LogP contribution in [0.15, 0.2) is 42.6 Å². The van der Waals surface area contributed by atoms with E-state index in [2.05, 4.69) is 10.3 Å². The zero-order chi connectivity index (χ0) is 17.1. The largest absolute Gasteiger partial charge is 0.326 e. The molecule has 0 aliphatic carbocycles. The molecule has 5 nitrogen and oxygen atoms in total. The molecule has 1 N–H and O–H groups in total. The maximum Gasteiger partial charge on any atom is 0.313 e. The van der Waals surface area contributed by atoms with Gasteiger partial charge in [0.1, 0.15) is 5.82 Å².